The fraction of sp³-hybridized carbons (Fsp3) is 0.533. The fourth-order valence-electron chi connectivity index (χ4n) is 2.76. The topological polar surface area (TPSA) is 40.5 Å². The number of likely N-dealkylation sites (tertiary alicyclic amines) is 1. The quantitative estimate of drug-likeness (QED) is 0.886. The average molecular weight is 344 g/mol. The van der Waals surface area contributed by atoms with Crippen molar-refractivity contribution in [3.63, 3.8) is 0 Å². The lowest BCUT2D eigenvalue weighted by molar-refractivity contribution is -0.137. The molecule has 3 nitrogen and oxygen atoms in total. The first-order valence-electron chi connectivity index (χ1n) is 6.92. The number of hydrogen-bond acceptors (Lipinski definition) is 2. The number of hydrogen-bond donors (Lipinski definition) is 1. The molecule has 1 unspecified atom stereocenters. The third kappa shape index (κ3) is 4.56. The van der Waals surface area contributed by atoms with Gasteiger partial charge in [-0.15, -0.1) is 0 Å². The van der Waals surface area contributed by atoms with Gasteiger partial charge in [0.15, 0.2) is 0 Å². The van der Waals surface area contributed by atoms with E-state index in [1.54, 1.807) is 6.07 Å². The van der Waals surface area contributed by atoms with Crippen LogP contribution in [-0.2, 0) is 11.3 Å². The average Bonchev–Trinajstić information content (AvgIpc) is 2.41. The van der Waals surface area contributed by atoms with E-state index in [-0.39, 0.29) is 12.2 Å². The molecule has 1 saturated heterocycles. The van der Waals surface area contributed by atoms with Gasteiger partial charge in [0.1, 0.15) is 5.82 Å². The van der Waals surface area contributed by atoms with Crippen LogP contribution in [0.15, 0.2) is 22.7 Å². The Morgan fingerprint density at radius 1 is 1.50 bits per heavy atom. The number of halogens is 2. The number of piperidine rings is 1. The van der Waals surface area contributed by atoms with Gasteiger partial charge in [0.05, 0.1) is 0 Å². The maximum atomic E-state index is 13.8. The molecule has 0 aromatic heterocycles. The Bertz CT molecular complexity index is 481. The number of carbonyl (C=O) groups is 1. The van der Waals surface area contributed by atoms with E-state index in [1.807, 2.05) is 6.07 Å². The van der Waals surface area contributed by atoms with E-state index in [2.05, 4.69) is 20.8 Å². The Hall–Kier alpha value is -0.940. The van der Waals surface area contributed by atoms with Crippen molar-refractivity contribution in [3.05, 3.63) is 34.1 Å². The van der Waals surface area contributed by atoms with Gasteiger partial charge in [-0.3, -0.25) is 9.69 Å². The Balaban J connectivity index is 1.92. The molecule has 1 N–H and O–H groups in total. The molecule has 1 atom stereocenters. The van der Waals surface area contributed by atoms with Gasteiger partial charge in [-0.25, -0.2) is 4.39 Å². The smallest absolute Gasteiger partial charge is 0.303 e. The van der Waals surface area contributed by atoms with E-state index in [0.29, 0.717) is 24.4 Å². The largest absolute Gasteiger partial charge is 0.481 e. The summed E-state index contributed by atoms with van der Waals surface area (Å²) in [5.74, 6) is -0.504. The van der Waals surface area contributed by atoms with Gasteiger partial charge < -0.3 is 5.11 Å². The lowest BCUT2D eigenvalue weighted by Crippen LogP contribution is -2.35. The van der Waals surface area contributed by atoms with Crippen LogP contribution >= 0.6 is 15.9 Å². The Morgan fingerprint density at radius 2 is 2.30 bits per heavy atom. The first-order valence-corrected chi connectivity index (χ1v) is 7.72. The summed E-state index contributed by atoms with van der Waals surface area (Å²) in [6.45, 7) is 2.41. The summed E-state index contributed by atoms with van der Waals surface area (Å²) in [5.41, 5.74) is 0.693. The van der Waals surface area contributed by atoms with Gasteiger partial charge in [-0.1, -0.05) is 15.9 Å². The van der Waals surface area contributed by atoms with Gasteiger partial charge in [-0.05, 0) is 49.9 Å². The highest BCUT2D eigenvalue weighted by molar-refractivity contribution is 9.10. The Kier molecular flexibility index (Phi) is 5.54. The van der Waals surface area contributed by atoms with Gasteiger partial charge >= 0.3 is 5.97 Å². The van der Waals surface area contributed by atoms with Crippen LogP contribution in [0.4, 0.5) is 4.39 Å². The van der Waals surface area contributed by atoms with Crippen LogP contribution in [0.3, 0.4) is 0 Å². The van der Waals surface area contributed by atoms with Gasteiger partial charge in [0.2, 0.25) is 0 Å². The lowest BCUT2D eigenvalue weighted by Gasteiger charge is -2.32. The minimum atomic E-state index is -0.736. The molecule has 5 heteroatoms. The number of rotatable bonds is 5. The molecule has 1 aromatic rings. The number of nitrogens with zero attached hydrogens (tertiary/aromatic N) is 1. The number of carboxylic acids is 1. The number of aliphatic carboxylic acids is 1. The highest BCUT2D eigenvalue weighted by Crippen LogP contribution is 2.24. The summed E-state index contributed by atoms with van der Waals surface area (Å²) >= 11 is 3.36. The van der Waals surface area contributed by atoms with Crippen LogP contribution in [-0.4, -0.2) is 29.1 Å². The van der Waals surface area contributed by atoms with Crippen LogP contribution in [0.2, 0.25) is 0 Å². The predicted octanol–water partition coefficient (Wildman–Crippen LogP) is 3.67. The van der Waals surface area contributed by atoms with Crippen LogP contribution in [0.5, 0.6) is 0 Å². The Labute approximate surface area is 126 Å². The van der Waals surface area contributed by atoms with Crippen molar-refractivity contribution in [2.24, 2.45) is 5.92 Å². The molecule has 0 radical (unpaired) electrons. The fourth-order valence-corrected chi connectivity index (χ4v) is 3.17. The molecule has 1 aromatic carbocycles. The molecule has 2 rings (SSSR count). The second-order valence-corrected chi connectivity index (χ2v) is 6.33. The van der Waals surface area contributed by atoms with E-state index in [1.165, 1.54) is 6.07 Å². The molecule has 0 saturated carbocycles. The van der Waals surface area contributed by atoms with Crippen LogP contribution < -0.4 is 0 Å². The maximum Gasteiger partial charge on any atom is 0.303 e. The minimum absolute atomic E-state index is 0.180. The van der Waals surface area contributed by atoms with Crippen molar-refractivity contribution in [2.75, 3.05) is 13.1 Å². The monoisotopic (exact) mass is 343 g/mol. The summed E-state index contributed by atoms with van der Waals surface area (Å²) in [5, 5.41) is 8.74. The van der Waals surface area contributed by atoms with E-state index >= 15 is 0 Å². The molecular formula is C15H19BrFNO2. The predicted molar refractivity (Wildman–Crippen MR) is 79.0 cm³/mol. The molecule has 0 bridgehead atoms. The molecular weight excluding hydrogens is 325 g/mol. The van der Waals surface area contributed by atoms with Gasteiger partial charge in [0, 0.05) is 29.5 Å². The number of benzene rings is 1. The second kappa shape index (κ2) is 7.18. The second-order valence-electron chi connectivity index (χ2n) is 5.41. The van der Waals surface area contributed by atoms with E-state index < -0.39 is 5.97 Å². The van der Waals surface area contributed by atoms with Crippen molar-refractivity contribution < 1.29 is 14.3 Å². The standard InChI is InChI=1S/C15H19BrFNO2/c16-13-4-5-14(17)12(8-13)10-18-7-1-2-11(9-18)3-6-15(19)20/h4-5,8,11H,1-3,6-7,9-10H2,(H,19,20). The summed E-state index contributed by atoms with van der Waals surface area (Å²) in [7, 11) is 0. The zero-order valence-electron chi connectivity index (χ0n) is 11.3. The SMILES string of the molecule is O=C(O)CCC1CCCN(Cc2cc(Br)ccc2F)C1. The van der Waals surface area contributed by atoms with E-state index in [0.717, 1.165) is 30.4 Å². The molecule has 1 aliphatic rings. The van der Waals surface area contributed by atoms with Crippen LogP contribution in [0.25, 0.3) is 0 Å². The highest BCUT2D eigenvalue weighted by atomic mass is 79.9. The Morgan fingerprint density at radius 3 is 3.05 bits per heavy atom. The van der Waals surface area contributed by atoms with Crippen LogP contribution in [0, 0.1) is 11.7 Å². The third-order valence-corrected chi connectivity index (χ3v) is 4.26. The van der Waals surface area contributed by atoms with Crippen molar-refractivity contribution in [3.8, 4) is 0 Å². The summed E-state index contributed by atoms with van der Waals surface area (Å²) in [4.78, 5) is 12.9. The maximum absolute atomic E-state index is 13.8. The number of carboxylic acid groups (broad SMARTS) is 1. The molecule has 0 aliphatic carbocycles. The molecule has 0 amide bonds. The summed E-state index contributed by atoms with van der Waals surface area (Å²) < 4.78 is 14.6. The highest BCUT2D eigenvalue weighted by Gasteiger charge is 2.21. The van der Waals surface area contributed by atoms with Crippen molar-refractivity contribution >= 4 is 21.9 Å². The zero-order valence-corrected chi connectivity index (χ0v) is 12.9. The zero-order chi connectivity index (χ0) is 14.5. The van der Waals surface area contributed by atoms with E-state index in [9.17, 15) is 9.18 Å². The van der Waals surface area contributed by atoms with E-state index in [4.69, 9.17) is 5.11 Å². The summed E-state index contributed by atoms with van der Waals surface area (Å²) in [6.07, 6.45) is 3.07. The van der Waals surface area contributed by atoms with Gasteiger partial charge in [-0.2, -0.15) is 0 Å². The minimum Gasteiger partial charge on any atom is -0.481 e. The first kappa shape index (κ1) is 15.4. The molecule has 1 aliphatic heterocycles. The lowest BCUT2D eigenvalue weighted by atomic mass is 9.93. The van der Waals surface area contributed by atoms with Gasteiger partial charge in [0.25, 0.3) is 0 Å². The third-order valence-electron chi connectivity index (χ3n) is 3.77. The molecule has 110 valence electrons. The summed E-state index contributed by atoms with van der Waals surface area (Å²) in [6, 6.07) is 4.99. The normalized spacial score (nSPS) is 20.0. The molecule has 20 heavy (non-hydrogen) atoms. The molecule has 1 heterocycles. The molecule has 1 fully saturated rings. The first-order chi connectivity index (χ1) is 9.54. The molecule has 0 spiro atoms. The van der Waals surface area contributed by atoms with Crippen molar-refractivity contribution in [1.82, 2.24) is 4.90 Å². The van der Waals surface area contributed by atoms with Crippen molar-refractivity contribution in [2.45, 2.75) is 32.2 Å². The van der Waals surface area contributed by atoms with Crippen molar-refractivity contribution in [1.29, 1.82) is 0 Å². The van der Waals surface area contributed by atoms with Crippen LogP contribution in [0.1, 0.15) is 31.2 Å².